The van der Waals surface area contributed by atoms with E-state index in [9.17, 15) is 0 Å². The fourth-order valence-corrected chi connectivity index (χ4v) is 23.6. The Morgan fingerprint density at radius 1 is 0.186 bits per heavy atom. The van der Waals surface area contributed by atoms with Crippen molar-refractivity contribution in [3.05, 3.63) is 401 Å². The normalized spacial score (nSPS) is 12.2. The van der Waals surface area contributed by atoms with Crippen LogP contribution in [0.25, 0.3) is 260 Å². The van der Waals surface area contributed by atoms with Gasteiger partial charge in [0.25, 0.3) is 0 Å². The Labute approximate surface area is 740 Å². The Bertz CT molecular complexity index is 9600. The van der Waals surface area contributed by atoms with E-state index in [-0.39, 0.29) is 0 Å². The van der Waals surface area contributed by atoms with Gasteiger partial charge in [0.15, 0.2) is 0 Å². The third-order valence-electron chi connectivity index (χ3n) is 26.3. The van der Waals surface area contributed by atoms with Crippen LogP contribution in [0.1, 0.15) is 0 Å². The molecule has 0 radical (unpaired) electrons. The van der Waals surface area contributed by atoms with Crippen LogP contribution in [0.3, 0.4) is 0 Å². The molecular weight excluding hydrogens is 1620 g/mol. The number of furan rings is 1. The van der Waals surface area contributed by atoms with Gasteiger partial charge in [0.05, 0.1) is 115 Å². The lowest BCUT2D eigenvalue weighted by Crippen LogP contribution is -1.99. The van der Waals surface area contributed by atoms with Gasteiger partial charge in [0.2, 0.25) is 0 Å². The van der Waals surface area contributed by atoms with E-state index < -0.39 is 0 Å². The molecule has 0 N–H and O–H groups in total. The first-order chi connectivity index (χ1) is 64.1. The lowest BCUT2D eigenvalue weighted by Gasteiger charge is -2.14. The summed E-state index contributed by atoms with van der Waals surface area (Å²) in [7, 11) is 0. The summed E-state index contributed by atoms with van der Waals surface area (Å²) in [5, 5.41) is 21.1. The molecule has 600 valence electrons. The van der Waals surface area contributed by atoms with Crippen molar-refractivity contribution in [3.8, 4) is 34.1 Å². The molecule has 12 heterocycles. The van der Waals surface area contributed by atoms with Crippen LogP contribution in [0.4, 0.5) is 0 Å². The summed E-state index contributed by atoms with van der Waals surface area (Å²) < 4.78 is 26.1. The number of benzene rings is 18. The summed E-state index contributed by atoms with van der Waals surface area (Å²) in [5.74, 6) is 0. The summed E-state index contributed by atoms with van der Waals surface area (Å²) >= 11 is 3.72. The lowest BCUT2D eigenvalue weighted by molar-refractivity contribution is 0.668. The number of rotatable bonds is 6. The Hall–Kier alpha value is -17.0. The average Bonchev–Trinajstić information content (AvgIpc) is 1.53. The molecule has 0 aliphatic heterocycles. The van der Waals surface area contributed by atoms with Gasteiger partial charge in [-0.3, -0.25) is 29.9 Å². The predicted molar refractivity (Wildman–Crippen MR) is 538 cm³/mol. The molecule has 0 unspecified atom stereocenters. The van der Waals surface area contributed by atoms with E-state index in [4.69, 9.17) is 34.3 Å². The molecule has 13 nitrogen and oxygen atoms in total. The molecular formula is C114H66N12OS2. The van der Waals surface area contributed by atoms with Crippen LogP contribution in [0.2, 0.25) is 0 Å². The minimum atomic E-state index is 0.866. The van der Waals surface area contributed by atoms with Gasteiger partial charge >= 0.3 is 0 Å². The molecule has 0 aliphatic carbocycles. The monoisotopic (exact) mass is 1680 g/mol. The van der Waals surface area contributed by atoms with Gasteiger partial charge in [-0.25, -0.2) is 0 Å². The van der Waals surface area contributed by atoms with Gasteiger partial charge < -0.3 is 31.8 Å². The second-order valence-electron chi connectivity index (χ2n) is 33.0. The summed E-state index contributed by atoms with van der Waals surface area (Å²) in [6.45, 7) is 0. The molecule has 15 heteroatoms. The fraction of sp³-hybridized carbons (Fsp3) is 0. The number of thiophene rings is 2. The van der Waals surface area contributed by atoms with E-state index in [0.29, 0.717) is 0 Å². The molecule has 30 rings (SSSR count). The van der Waals surface area contributed by atoms with Gasteiger partial charge in [0.1, 0.15) is 11.2 Å². The van der Waals surface area contributed by atoms with Crippen molar-refractivity contribution < 1.29 is 4.42 Å². The van der Waals surface area contributed by atoms with Crippen molar-refractivity contribution >= 4 is 249 Å². The first-order valence-corrected chi connectivity index (χ1v) is 44.9. The van der Waals surface area contributed by atoms with Gasteiger partial charge in [-0.2, -0.15) is 0 Å². The number of hydrogen-bond acceptors (Lipinski definition) is 9. The van der Waals surface area contributed by atoms with E-state index in [2.05, 4.69) is 379 Å². The van der Waals surface area contributed by atoms with E-state index in [1.165, 1.54) is 67.6 Å². The molecule has 0 spiro atoms. The highest BCUT2D eigenvalue weighted by atomic mass is 32.1. The molecule has 0 saturated carbocycles. The average molecular weight is 1680 g/mol. The third-order valence-corrected chi connectivity index (χ3v) is 28.7. The maximum Gasteiger partial charge on any atom is 0.137 e. The van der Waals surface area contributed by atoms with E-state index in [1.807, 2.05) is 59.6 Å². The Kier molecular flexibility index (Phi) is 15.4. The molecule has 12 aromatic heterocycles. The Morgan fingerprint density at radius 3 is 0.868 bits per heavy atom. The molecule has 0 fully saturated rings. The number of aromatic nitrogens is 12. The molecule has 30 aromatic rings. The van der Waals surface area contributed by atoms with Crippen LogP contribution in [-0.4, -0.2) is 57.3 Å². The molecule has 0 bridgehead atoms. The summed E-state index contributed by atoms with van der Waals surface area (Å²) in [4.78, 5) is 30.0. The van der Waals surface area contributed by atoms with Crippen molar-refractivity contribution in [3.63, 3.8) is 0 Å². The predicted octanol–water partition coefficient (Wildman–Crippen LogP) is 30.1. The van der Waals surface area contributed by atoms with Crippen molar-refractivity contribution in [1.29, 1.82) is 0 Å². The third kappa shape index (κ3) is 10.2. The van der Waals surface area contributed by atoms with E-state index in [1.54, 1.807) is 12.4 Å². The number of nitrogens with zero attached hydrogens (tertiary/aromatic N) is 12. The zero-order valence-electron chi connectivity index (χ0n) is 68.7. The zero-order valence-corrected chi connectivity index (χ0v) is 70.3. The first kappa shape index (κ1) is 71.4. The van der Waals surface area contributed by atoms with Crippen molar-refractivity contribution in [2.75, 3.05) is 0 Å². The van der Waals surface area contributed by atoms with Gasteiger partial charge in [-0.05, 0) is 121 Å². The van der Waals surface area contributed by atoms with E-state index >= 15 is 0 Å². The number of fused-ring (bicyclic) bond motifs is 39. The zero-order chi connectivity index (χ0) is 84.2. The Morgan fingerprint density at radius 2 is 0.465 bits per heavy atom. The van der Waals surface area contributed by atoms with Crippen molar-refractivity contribution in [1.82, 2.24) is 57.3 Å². The smallest absolute Gasteiger partial charge is 0.137 e. The second-order valence-corrected chi connectivity index (χ2v) is 35.2. The highest BCUT2D eigenvalue weighted by Gasteiger charge is 2.32. The quantitative estimate of drug-likeness (QED) is 0.163. The maximum absolute atomic E-state index is 6.37. The topological polar surface area (TPSA) is 120 Å². The number of hydrogen-bond donors (Lipinski definition) is 0. The van der Waals surface area contributed by atoms with Crippen LogP contribution < -0.4 is 0 Å². The van der Waals surface area contributed by atoms with Crippen molar-refractivity contribution in [2.24, 2.45) is 0 Å². The molecule has 129 heavy (non-hydrogen) atoms. The standard InChI is InChI=1S/C38H22N4O.2C38H22N4S/c1-2-10-23(11-3-1)41-29-15-7-4-13-27(29)33-35-36(40-21-20-39-35)34-28-14-5-8-16-30(28)42(38(34)37(33)41)24-18-19-26-25-12-6-9-17-31(25)43-32(26)22-24;1-2-11-23(12-3-1)41-28-17-7-4-14-26(28)32-34-35(40-22-21-39-34)33-27-15-5-8-18-29(27)42(37(33)36(32)41)30-19-10-16-25-24-13-6-9-20-31(24)43-38(25)30;1-2-10-23(11-3-1)41-29-15-7-4-13-27(29)33-35-36(40-21-20-39-35)34-28-14-5-8-16-30(28)42(38(34)37(33)41)24-18-19-26-25-12-6-9-17-31(25)43-32(26)22-24/h3*1-22H. The molecule has 0 saturated heterocycles. The molecule has 0 aliphatic rings. The lowest BCUT2D eigenvalue weighted by atomic mass is 10.1. The SMILES string of the molecule is c1ccc(-n2c3ccccc3c3c4nccnc4c4c5ccccc5n(-c5ccc6c(c5)oc5ccccc56)c4c32)cc1.c1ccc(-n2c3ccccc3c3c4nccnc4c4c5ccccc5n(-c5ccc6c(c5)sc5ccccc56)c4c32)cc1.c1ccc(-n2c3ccccc3c3c4nccnc4c4c5ccccc5n(-c5cccc6c5sc5ccccc56)c4c32)cc1. The second kappa shape index (κ2) is 27.8. The highest BCUT2D eigenvalue weighted by Crippen LogP contribution is 2.52. The molecule has 18 aromatic carbocycles. The maximum atomic E-state index is 6.37. The van der Waals surface area contributed by atoms with Gasteiger partial charge in [0, 0.05) is 177 Å². The van der Waals surface area contributed by atoms with Crippen LogP contribution in [-0.2, 0) is 0 Å². The Balaban J connectivity index is 0.0000000976. The van der Waals surface area contributed by atoms with Crippen LogP contribution in [0, 0.1) is 0 Å². The van der Waals surface area contributed by atoms with Crippen LogP contribution in [0.5, 0.6) is 0 Å². The first-order valence-electron chi connectivity index (χ1n) is 43.3. The molecule has 0 atom stereocenters. The number of para-hydroxylation sites is 10. The van der Waals surface area contributed by atoms with Crippen LogP contribution >= 0.6 is 22.7 Å². The van der Waals surface area contributed by atoms with Crippen LogP contribution in [0.15, 0.2) is 406 Å². The largest absolute Gasteiger partial charge is 0.456 e. The summed E-state index contributed by atoms with van der Waals surface area (Å²) in [6.07, 6.45) is 10.9. The van der Waals surface area contributed by atoms with E-state index in [0.717, 1.165) is 193 Å². The van der Waals surface area contributed by atoms with Gasteiger partial charge in [-0.1, -0.05) is 237 Å². The summed E-state index contributed by atoms with van der Waals surface area (Å²) in [6, 6.07) is 130. The molecule has 0 amide bonds. The fourth-order valence-electron chi connectivity index (χ4n) is 21.3. The van der Waals surface area contributed by atoms with Crippen molar-refractivity contribution in [2.45, 2.75) is 0 Å². The van der Waals surface area contributed by atoms with Gasteiger partial charge in [-0.15, -0.1) is 22.7 Å². The summed E-state index contributed by atoms with van der Waals surface area (Å²) in [5.41, 5.74) is 27.6. The minimum Gasteiger partial charge on any atom is -0.456 e. The minimum absolute atomic E-state index is 0.866. The highest BCUT2D eigenvalue weighted by molar-refractivity contribution is 7.26.